The Kier molecular flexibility index (Phi) is 5.78. The van der Waals surface area contributed by atoms with E-state index in [1.165, 1.54) is 12.1 Å². The number of hydrogen-bond donors (Lipinski definition) is 0. The molecule has 0 amide bonds. The third kappa shape index (κ3) is 4.54. The average Bonchev–Trinajstić information content (AvgIpc) is 3.15. The summed E-state index contributed by atoms with van der Waals surface area (Å²) in [6.07, 6.45) is 5.30. The van der Waals surface area contributed by atoms with Crippen LogP contribution in [-0.4, -0.2) is 36.0 Å². The van der Waals surface area contributed by atoms with Gasteiger partial charge in [0.2, 0.25) is 5.79 Å². The van der Waals surface area contributed by atoms with Gasteiger partial charge in [0.25, 0.3) is 5.69 Å². The molecule has 1 fully saturated rings. The number of hydrogen-bond acceptors (Lipinski definition) is 5. The van der Waals surface area contributed by atoms with Crippen LogP contribution in [0.2, 0.25) is 0 Å². The van der Waals surface area contributed by atoms with Crippen LogP contribution in [-0.2, 0) is 9.47 Å². The van der Waals surface area contributed by atoms with Crippen LogP contribution in [0.25, 0.3) is 6.08 Å². The number of non-ortho nitro benzene ring substituents is 1. The first kappa shape index (κ1) is 18.3. The Morgan fingerprint density at radius 2 is 1.88 bits per heavy atom. The first-order valence-electron chi connectivity index (χ1n) is 8.02. The standard InChI is InChI=1S/C19H17ClN2O4/c20-14-19(25-10-11-26-19)9-8-15-4-6-17(7-5-15)21-13-16-2-1-3-18(12-16)22(23)24/h1-9,12-13H,10-11,14H2/b9-8+,21-13?. The zero-order chi connectivity index (χ0) is 18.4. The van der Waals surface area contributed by atoms with Gasteiger partial charge in [0.15, 0.2) is 0 Å². The molecule has 6 nitrogen and oxygen atoms in total. The van der Waals surface area contributed by atoms with Crippen LogP contribution in [0.15, 0.2) is 59.6 Å². The second kappa shape index (κ2) is 8.23. The molecular formula is C19H17ClN2O4. The molecule has 26 heavy (non-hydrogen) atoms. The third-order valence-electron chi connectivity index (χ3n) is 3.83. The van der Waals surface area contributed by atoms with Gasteiger partial charge in [-0.05, 0) is 29.3 Å². The Morgan fingerprint density at radius 1 is 1.15 bits per heavy atom. The summed E-state index contributed by atoms with van der Waals surface area (Å²) in [5, 5.41) is 10.8. The van der Waals surface area contributed by atoms with E-state index < -0.39 is 10.7 Å². The molecule has 1 saturated heterocycles. The largest absolute Gasteiger partial charge is 0.343 e. The highest BCUT2D eigenvalue weighted by atomic mass is 35.5. The molecule has 0 atom stereocenters. The highest BCUT2D eigenvalue weighted by Crippen LogP contribution is 2.24. The SMILES string of the molecule is O=[N+]([O-])c1cccc(C=Nc2ccc(/C=C/C3(CCl)OCCO3)cc2)c1. The molecule has 1 aliphatic heterocycles. The monoisotopic (exact) mass is 372 g/mol. The van der Waals surface area contributed by atoms with Gasteiger partial charge < -0.3 is 9.47 Å². The summed E-state index contributed by atoms with van der Waals surface area (Å²) >= 11 is 5.92. The van der Waals surface area contributed by atoms with Crippen molar-refractivity contribution >= 4 is 35.3 Å². The van der Waals surface area contributed by atoms with Crippen molar-refractivity contribution in [1.29, 1.82) is 0 Å². The van der Waals surface area contributed by atoms with Crippen LogP contribution < -0.4 is 0 Å². The Bertz CT molecular complexity index is 828. The zero-order valence-corrected chi connectivity index (χ0v) is 14.6. The highest BCUT2D eigenvalue weighted by molar-refractivity contribution is 6.18. The summed E-state index contributed by atoms with van der Waals surface area (Å²) in [6.45, 7) is 1.06. The minimum absolute atomic E-state index is 0.0407. The number of nitrogens with zero attached hydrogens (tertiary/aromatic N) is 2. The third-order valence-corrected chi connectivity index (χ3v) is 4.20. The van der Waals surface area contributed by atoms with E-state index in [0.29, 0.717) is 18.8 Å². The van der Waals surface area contributed by atoms with E-state index in [2.05, 4.69) is 4.99 Å². The maximum atomic E-state index is 10.8. The Labute approximate surface area is 155 Å². The molecule has 1 aliphatic rings. The van der Waals surface area contributed by atoms with Gasteiger partial charge >= 0.3 is 0 Å². The van der Waals surface area contributed by atoms with E-state index >= 15 is 0 Å². The van der Waals surface area contributed by atoms with Gasteiger partial charge in [0, 0.05) is 18.3 Å². The van der Waals surface area contributed by atoms with E-state index in [4.69, 9.17) is 21.1 Å². The van der Waals surface area contributed by atoms with Gasteiger partial charge in [-0.25, -0.2) is 0 Å². The second-order valence-corrected chi connectivity index (χ2v) is 5.94. The fourth-order valence-electron chi connectivity index (χ4n) is 2.45. The Morgan fingerprint density at radius 3 is 2.54 bits per heavy atom. The Balaban J connectivity index is 1.68. The van der Waals surface area contributed by atoms with Crippen LogP contribution in [0, 0.1) is 10.1 Å². The topological polar surface area (TPSA) is 74.0 Å². The van der Waals surface area contributed by atoms with Crippen LogP contribution in [0.5, 0.6) is 0 Å². The molecule has 0 radical (unpaired) electrons. The van der Waals surface area contributed by atoms with Gasteiger partial charge in [0.05, 0.1) is 29.7 Å². The molecule has 0 N–H and O–H groups in total. The van der Waals surface area contributed by atoms with E-state index in [0.717, 1.165) is 11.3 Å². The number of alkyl halides is 1. The molecule has 0 aliphatic carbocycles. The highest BCUT2D eigenvalue weighted by Gasteiger charge is 2.32. The molecule has 3 rings (SSSR count). The first-order valence-corrected chi connectivity index (χ1v) is 8.55. The molecule has 0 bridgehead atoms. The molecular weight excluding hydrogens is 356 g/mol. The number of nitro benzene ring substituents is 1. The average molecular weight is 373 g/mol. The minimum atomic E-state index is -0.847. The molecule has 2 aromatic carbocycles. The second-order valence-electron chi connectivity index (χ2n) is 5.68. The summed E-state index contributed by atoms with van der Waals surface area (Å²) in [4.78, 5) is 14.7. The lowest BCUT2D eigenvalue weighted by molar-refractivity contribution is -0.384. The predicted molar refractivity (Wildman–Crippen MR) is 101 cm³/mol. The number of nitro groups is 1. The maximum absolute atomic E-state index is 10.8. The quantitative estimate of drug-likeness (QED) is 0.327. The van der Waals surface area contributed by atoms with E-state index in [1.54, 1.807) is 18.3 Å². The number of rotatable bonds is 6. The summed E-state index contributed by atoms with van der Waals surface area (Å²) in [6, 6.07) is 13.9. The van der Waals surface area contributed by atoms with Gasteiger partial charge in [-0.15, -0.1) is 11.6 Å². The zero-order valence-electron chi connectivity index (χ0n) is 13.9. The van der Waals surface area contributed by atoms with Crippen molar-refractivity contribution in [2.45, 2.75) is 5.79 Å². The van der Waals surface area contributed by atoms with Gasteiger partial charge in [0.1, 0.15) is 0 Å². The number of benzene rings is 2. The van der Waals surface area contributed by atoms with Crippen molar-refractivity contribution in [2.24, 2.45) is 4.99 Å². The summed E-state index contributed by atoms with van der Waals surface area (Å²) in [5.41, 5.74) is 2.42. The van der Waals surface area contributed by atoms with Crippen molar-refractivity contribution in [2.75, 3.05) is 19.1 Å². The lowest BCUT2D eigenvalue weighted by Gasteiger charge is -2.20. The van der Waals surface area contributed by atoms with Crippen molar-refractivity contribution in [3.63, 3.8) is 0 Å². The summed E-state index contributed by atoms with van der Waals surface area (Å²) in [7, 11) is 0. The molecule has 2 aromatic rings. The lowest BCUT2D eigenvalue weighted by Crippen LogP contribution is -2.29. The molecule has 134 valence electrons. The van der Waals surface area contributed by atoms with E-state index in [9.17, 15) is 10.1 Å². The van der Waals surface area contributed by atoms with Crippen molar-refractivity contribution in [1.82, 2.24) is 0 Å². The van der Waals surface area contributed by atoms with Gasteiger partial charge in [-0.1, -0.05) is 30.3 Å². The van der Waals surface area contributed by atoms with Crippen LogP contribution in [0.3, 0.4) is 0 Å². The molecule has 1 heterocycles. The van der Waals surface area contributed by atoms with Crippen molar-refractivity contribution in [3.05, 3.63) is 75.8 Å². The Hall–Kier alpha value is -2.54. The fourth-order valence-corrected chi connectivity index (χ4v) is 2.69. The fraction of sp³-hybridized carbons (Fsp3) is 0.211. The first-order chi connectivity index (χ1) is 12.6. The maximum Gasteiger partial charge on any atom is 0.270 e. The predicted octanol–water partition coefficient (Wildman–Crippen LogP) is 4.34. The molecule has 0 saturated carbocycles. The van der Waals surface area contributed by atoms with Gasteiger partial charge in [-0.2, -0.15) is 0 Å². The van der Waals surface area contributed by atoms with Crippen LogP contribution in [0.4, 0.5) is 11.4 Å². The molecule has 0 unspecified atom stereocenters. The van der Waals surface area contributed by atoms with Crippen LogP contribution >= 0.6 is 11.6 Å². The smallest absolute Gasteiger partial charge is 0.270 e. The minimum Gasteiger partial charge on any atom is -0.343 e. The number of halogens is 1. The van der Waals surface area contributed by atoms with E-state index in [1.807, 2.05) is 36.4 Å². The number of ether oxygens (including phenoxy) is 2. The molecule has 7 heteroatoms. The normalized spacial score (nSPS) is 16.5. The van der Waals surface area contributed by atoms with Gasteiger partial charge in [-0.3, -0.25) is 15.1 Å². The summed E-state index contributed by atoms with van der Waals surface area (Å²) in [5.74, 6) is -0.616. The van der Waals surface area contributed by atoms with E-state index in [-0.39, 0.29) is 11.6 Å². The lowest BCUT2D eigenvalue weighted by atomic mass is 10.1. The number of aliphatic imine (C=N–C) groups is 1. The van der Waals surface area contributed by atoms with Crippen LogP contribution in [0.1, 0.15) is 11.1 Å². The van der Waals surface area contributed by atoms with Crippen molar-refractivity contribution < 1.29 is 14.4 Å². The molecule has 0 aromatic heterocycles. The summed E-state index contributed by atoms with van der Waals surface area (Å²) < 4.78 is 11.1. The van der Waals surface area contributed by atoms with Crippen molar-refractivity contribution in [3.8, 4) is 0 Å². The molecule has 0 spiro atoms.